The molecule has 2 aromatic rings. The Kier molecular flexibility index (Phi) is 5.40. The van der Waals surface area contributed by atoms with Crippen LogP contribution in [-0.4, -0.2) is 63.2 Å². The van der Waals surface area contributed by atoms with E-state index in [0.717, 1.165) is 17.8 Å². The predicted molar refractivity (Wildman–Crippen MR) is 115 cm³/mol. The Bertz CT molecular complexity index is 1050. The summed E-state index contributed by atoms with van der Waals surface area (Å²) in [6, 6.07) is 4.29. The van der Waals surface area contributed by atoms with E-state index in [-0.39, 0.29) is 17.4 Å². The van der Waals surface area contributed by atoms with Crippen LogP contribution in [0.25, 0.3) is 5.82 Å². The highest BCUT2D eigenvalue weighted by atomic mass is 16.2. The van der Waals surface area contributed by atoms with Crippen LogP contribution in [0.2, 0.25) is 0 Å². The van der Waals surface area contributed by atoms with Crippen LogP contribution in [0.5, 0.6) is 0 Å². The molecule has 0 aliphatic carbocycles. The molecular weight excluding hydrogens is 396 g/mol. The Morgan fingerprint density at radius 3 is 2.87 bits per heavy atom. The molecule has 3 N–H and O–H groups in total. The number of aliphatic imine (C=N–C) groups is 1. The van der Waals surface area contributed by atoms with Gasteiger partial charge < -0.3 is 10.6 Å². The second-order valence-corrected chi connectivity index (χ2v) is 8.36. The minimum absolute atomic E-state index is 0.00156. The Labute approximate surface area is 180 Å². The molecule has 4 rings (SSSR count). The van der Waals surface area contributed by atoms with Crippen molar-refractivity contribution in [1.29, 1.82) is 5.41 Å². The lowest BCUT2D eigenvalue weighted by molar-refractivity contribution is -0.131. The van der Waals surface area contributed by atoms with Gasteiger partial charge in [0.05, 0.1) is 5.69 Å². The molecule has 0 spiro atoms. The summed E-state index contributed by atoms with van der Waals surface area (Å²) in [6.07, 6.45) is 4.02. The number of pyridine rings is 1. The van der Waals surface area contributed by atoms with Crippen molar-refractivity contribution in [3.63, 3.8) is 0 Å². The van der Waals surface area contributed by atoms with Gasteiger partial charge in [-0.3, -0.25) is 24.9 Å². The summed E-state index contributed by atoms with van der Waals surface area (Å²) in [5.41, 5.74) is 1.77. The molecule has 10 nitrogen and oxygen atoms in total. The van der Waals surface area contributed by atoms with E-state index >= 15 is 0 Å². The summed E-state index contributed by atoms with van der Waals surface area (Å²) < 4.78 is 1.67. The standard InChI is InChI=1S/C21H26N8O2/c1-21(2)7-8-28(20(21)31)18(22)16(10-23-3)26-19(30)14-5-4-6-17(25-14)29-12-13-9-24-11-15(13)27-29/h4-6,10,12,16,22,24H,7-9,11H2,1-3H3,(H,26,30). The van der Waals surface area contributed by atoms with E-state index in [9.17, 15) is 9.59 Å². The van der Waals surface area contributed by atoms with Crippen molar-refractivity contribution in [3.8, 4) is 5.82 Å². The molecule has 10 heteroatoms. The minimum atomic E-state index is -0.833. The van der Waals surface area contributed by atoms with Crippen LogP contribution < -0.4 is 10.6 Å². The number of amidine groups is 1. The van der Waals surface area contributed by atoms with Gasteiger partial charge in [0.2, 0.25) is 5.91 Å². The number of amides is 2. The maximum Gasteiger partial charge on any atom is 0.270 e. The van der Waals surface area contributed by atoms with E-state index < -0.39 is 17.4 Å². The van der Waals surface area contributed by atoms with Crippen molar-refractivity contribution in [2.24, 2.45) is 10.4 Å². The first kappa shape index (κ1) is 20.9. The van der Waals surface area contributed by atoms with Gasteiger partial charge in [-0.2, -0.15) is 5.10 Å². The molecule has 1 unspecified atom stereocenters. The molecule has 0 saturated carbocycles. The van der Waals surface area contributed by atoms with Crippen LogP contribution in [0, 0.1) is 10.8 Å². The average Bonchev–Trinajstić information content (AvgIpc) is 3.42. The fraction of sp³-hybridized carbons (Fsp3) is 0.429. The lowest BCUT2D eigenvalue weighted by Crippen LogP contribution is -2.50. The van der Waals surface area contributed by atoms with Gasteiger partial charge in [0.15, 0.2) is 5.82 Å². The van der Waals surface area contributed by atoms with E-state index in [4.69, 9.17) is 5.41 Å². The van der Waals surface area contributed by atoms with E-state index in [0.29, 0.717) is 25.3 Å². The molecule has 0 radical (unpaired) electrons. The average molecular weight is 422 g/mol. The number of nitrogens with zero attached hydrogens (tertiary/aromatic N) is 5. The molecule has 1 fully saturated rings. The van der Waals surface area contributed by atoms with Gasteiger partial charge in [-0.15, -0.1) is 0 Å². The summed E-state index contributed by atoms with van der Waals surface area (Å²) in [5.74, 6) is -0.0395. The Morgan fingerprint density at radius 1 is 1.39 bits per heavy atom. The van der Waals surface area contributed by atoms with E-state index in [1.54, 1.807) is 29.9 Å². The minimum Gasteiger partial charge on any atom is -0.336 e. The first-order chi connectivity index (χ1) is 14.8. The second kappa shape index (κ2) is 8.03. The Balaban J connectivity index is 1.51. The molecule has 4 heterocycles. The third-order valence-electron chi connectivity index (χ3n) is 5.64. The van der Waals surface area contributed by atoms with Crippen molar-refractivity contribution >= 4 is 23.9 Å². The van der Waals surface area contributed by atoms with Crippen molar-refractivity contribution in [2.75, 3.05) is 13.6 Å². The maximum absolute atomic E-state index is 12.9. The number of likely N-dealkylation sites (tertiary alicyclic amines) is 1. The summed E-state index contributed by atoms with van der Waals surface area (Å²) >= 11 is 0. The van der Waals surface area contributed by atoms with Gasteiger partial charge >= 0.3 is 0 Å². The molecule has 2 amide bonds. The molecule has 1 atom stereocenters. The van der Waals surface area contributed by atoms with Gasteiger partial charge in [0.1, 0.15) is 17.6 Å². The molecule has 2 aliphatic heterocycles. The van der Waals surface area contributed by atoms with Crippen molar-refractivity contribution in [3.05, 3.63) is 41.3 Å². The number of hydrogen-bond donors (Lipinski definition) is 3. The maximum atomic E-state index is 12.9. The summed E-state index contributed by atoms with van der Waals surface area (Å²) in [5, 5.41) is 19.0. The molecule has 31 heavy (non-hydrogen) atoms. The number of carbonyl (C=O) groups excluding carboxylic acids is 2. The molecule has 2 aromatic heterocycles. The van der Waals surface area contributed by atoms with Gasteiger partial charge in [0, 0.05) is 50.1 Å². The lowest BCUT2D eigenvalue weighted by Gasteiger charge is -2.24. The quantitative estimate of drug-likeness (QED) is 0.487. The first-order valence-electron chi connectivity index (χ1n) is 10.2. The fourth-order valence-electron chi connectivity index (χ4n) is 3.76. The van der Waals surface area contributed by atoms with Crippen LogP contribution in [0.1, 0.15) is 42.0 Å². The number of aromatic nitrogens is 3. The number of carbonyl (C=O) groups is 2. The number of hydrogen-bond acceptors (Lipinski definition) is 7. The van der Waals surface area contributed by atoms with Crippen LogP contribution in [-0.2, 0) is 17.9 Å². The normalized spacial score (nSPS) is 18.4. The predicted octanol–water partition coefficient (Wildman–Crippen LogP) is 0.905. The van der Waals surface area contributed by atoms with Crippen molar-refractivity contribution in [2.45, 2.75) is 39.4 Å². The number of fused-ring (bicyclic) bond motifs is 1. The topological polar surface area (TPSA) is 128 Å². The van der Waals surface area contributed by atoms with Crippen molar-refractivity contribution in [1.82, 2.24) is 30.3 Å². The second-order valence-electron chi connectivity index (χ2n) is 8.36. The summed E-state index contributed by atoms with van der Waals surface area (Å²) in [7, 11) is 1.56. The van der Waals surface area contributed by atoms with Gasteiger partial charge in [0.25, 0.3) is 5.91 Å². The van der Waals surface area contributed by atoms with E-state index in [2.05, 4.69) is 25.7 Å². The fourth-order valence-corrected chi connectivity index (χ4v) is 3.76. The van der Waals surface area contributed by atoms with Crippen LogP contribution in [0.4, 0.5) is 0 Å². The largest absolute Gasteiger partial charge is 0.336 e. The van der Waals surface area contributed by atoms with E-state index in [1.807, 2.05) is 20.0 Å². The third-order valence-corrected chi connectivity index (χ3v) is 5.64. The van der Waals surface area contributed by atoms with E-state index in [1.165, 1.54) is 11.1 Å². The molecule has 162 valence electrons. The number of rotatable bonds is 5. The lowest BCUT2D eigenvalue weighted by atomic mass is 9.92. The van der Waals surface area contributed by atoms with Gasteiger partial charge in [-0.1, -0.05) is 19.9 Å². The molecule has 0 bridgehead atoms. The SMILES string of the molecule is CN=CC(NC(=O)c1cccc(-n2cc3c(n2)CNC3)n1)C(=N)N1CCC(C)(C)C1=O. The van der Waals surface area contributed by atoms with Crippen LogP contribution in [0.15, 0.2) is 29.4 Å². The highest BCUT2D eigenvalue weighted by Crippen LogP contribution is 2.30. The summed E-state index contributed by atoms with van der Waals surface area (Å²) in [4.78, 5) is 35.3. The Hall–Kier alpha value is -3.40. The Morgan fingerprint density at radius 2 is 2.19 bits per heavy atom. The zero-order valence-corrected chi connectivity index (χ0v) is 17.8. The van der Waals surface area contributed by atoms with Crippen LogP contribution in [0.3, 0.4) is 0 Å². The van der Waals surface area contributed by atoms with Gasteiger partial charge in [-0.05, 0) is 18.6 Å². The zero-order chi connectivity index (χ0) is 22.2. The first-order valence-corrected chi connectivity index (χ1v) is 10.2. The molecular formula is C21H26N8O2. The molecule has 1 saturated heterocycles. The third kappa shape index (κ3) is 3.98. The molecule has 0 aromatic carbocycles. The monoisotopic (exact) mass is 422 g/mol. The van der Waals surface area contributed by atoms with Crippen LogP contribution >= 0.6 is 0 Å². The zero-order valence-electron chi connectivity index (χ0n) is 17.8. The smallest absolute Gasteiger partial charge is 0.270 e. The van der Waals surface area contributed by atoms with Gasteiger partial charge in [-0.25, -0.2) is 9.67 Å². The highest BCUT2D eigenvalue weighted by molar-refractivity contribution is 6.11. The van der Waals surface area contributed by atoms with Crippen molar-refractivity contribution < 1.29 is 9.59 Å². The number of nitrogens with one attached hydrogen (secondary N) is 3. The highest BCUT2D eigenvalue weighted by Gasteiger charge is 2.41. The molecule has 2 aliphatic rings. The summed E-state index contributed by atoms with van der Waals surface area (Å²) in [6.45, 7) is 5.65.